The van der Waals surface area contributed by atoms with Gasteiger partial charge in [-0.25, -0.2) is 17.7 Å². The van der Waals surface area contributed by atoms with E-state index in [4.69, 9.17) is 10.5 Å². The first-order valence-corrected chi connectivity index (χ1v) is 9.86. The summed E-state index contributed by atoms with van der Waals surface area (Å²) in [6.45, 7) is 1.84. The molecule has 0 aliphatic rings. The monoisotopic (exact) mass is 392 g/mol. The topological polar surface area (TPSA) is 115 Å². The van der Waals surface area contributed by atoms with Crippen LogP contribution in [0.3, 0.4) is 0 Å². The summed E-state index contributed by atoms with van der Waals surface area (Å²) in [6, 6.07) is 8.62. The summed E-state index contributed by atoms with van der Waals surface area (Å²) in [5.74, 6) is 0.500. The smallest absolute Gasteiger partial charge is 0.251 e. The zero-order valence-electron chi connectivity index (χ0n) is 15.8. The lowest BCUT2D eigenvalue weighted by Crippen LogP contribution is -2.33. The zero-order valence-corrected chi connectivity index (χ0v) is 16.6. The van der Waals surface area contributed by atoms with Crippen molar-refractivity contribution in [2.45, 2.75) is 6.92 Å². The molecule has 0 saturated heterocycles. The number of amides is 1. The van der Waals surface area contributed by atoms with Gasteiger partial charge in [-0.1, -0.05) is 12.1 Å². The maximum absolute atomic E-state index is 12.2. The highest BCUT2D eigenvalue weighted by Gasteiger charge is 2.15. The van der Waals surface area contributed by atoms with Gasteiger partial charge in [0.15, 0.2) is 0 Å². The third kappa shape index (κ3) is 4.95. The number of nitrogens with two attached hydrogens (primary N) is 1. The minimum absolute atomic E-state index is 0.0348. The average molecular weight is 392 g/mol. The second kappa shape index (κ2) is 8.36. The summed E-state index contributed by atoms with van der Waals surface area (Å²) >= 11 is 0. The first-order valence-electron chi connectivity index (χ1n) is 8.25. The molecule has 1 aromatic heterocycles. The molecule has 8 nitrogen and oxygen atoms in total. The standard InChI is InChI=1S/C18H24N4O4S/c1-12-16(26-4)11-15(17(19)21-12)13-5-7-14(8-6-13)18(23)20-9-10-27(24,25)22(2)3/h5-8,11H,9-10H2,1-4H3,(H2,19,21)(H,20,23). The number of aryl methyl sites for hydroxylation is 1. The third-order valence-corrected chi connectivity index (χ3v) is 5.91. The fraction of sp³-hybridized carbons (Fsp3) is 0.333. The Kier molecular flexibility index (Phi) is 6.40. The SMILES string of the molecule is COc1cc(-c2ccc(C(=O)NCCS(=O)(=O)N(C)C)cc2)c(N)nc1C. The Labute approximate surface area is 159 Å². The number of aromatic nitrogens is 1. The number of carbonyl (C=O) groups excluding carboxylic acids is 1. The van der Waals surface area contributed by atoms with Gasteiger partial charge in [0.2, 0.25) is 10.0 Å². The molecule has 0 atom stereocenters. The molecule has 146 valence electrons. The first-order chi connectivity index (χ1) is 12.7. The molecule has 0 bridgehead atoms. The Hall–Kier alpha value is -2.65. The Balaban J connectivity index is 2.10. The summed E-state index contributed by atoms with van der Waals surface area (Å²) in [5.41, 5.74) is 8.62. The molecule has 0 aliphatic carbocycles. The largest absolute Gasteiger partial charge is 0.495 e. The Morgan fingerprint density at radius 3 is 2.44 bits per heavy atom. The van der Waals surface area contributed by atoms with Crippen LogP contribution in [0.5, 0.6) is 5.75 Å². The van der Waals surface area contributed by atoms with Crippen LogP contribution in [-0.2, 0) is 10.0 Å². The Morgan fingerprint density at radius 2 is 1.89 bits per heavy atom. The highest BCUT2D eigenvalue weighted by molar-refractivity contribution is 7.89. The molecule has 2 aromatic rings. The second-order valence-electron chi connectivity index (χ2n) is 6.14. The van der Waals surface area contributed by atoms with Gasteiger partial charge in [0.25, 0.3) is 5.91 Å². The molecule has 27 heavy (non-hydrogen) atoms. The number of hydrogen-bond donors (Lipinski definition) is 2. The maximum atomic E-state index is 12.2. The van der Waals surface area contributed by atoms with E-state index in [-0.39, 0.29) is 18.2 Å². The highest BCUT2D eigenvalue weighted by Crippen LogP contribution is 2.30. The lowest BCUT2D eigenvalue weighted by atomic mass is 10.0. The lowest BCUT2D eigenvalue weighted by Gasteiger charge is -2.12. The highest BCUT2D eigenvalue weighted by atomic mass is 32.2. The van der Waals surface area contributed by atoms with Gasteiger partial charge < -0.3 is 15.8 Å². The van der Waals surface area contributed by atoms with Crippen molar-refractivity contribution in [2.24, 2.45) is 0 Å². The van der Waals surface area contributed by atoms with Gasteiger partial charge >= 0.3 is 0 Å². The molecular formula is C18H24N4O4S. The molecule has 0 radical (unpaired) electrons. The van der Waals surface area contributed by atoms with E-state index in [9.17, 15) is 13.2 Å². The van der Waals surface area contributed by atoms with Gasteiger partial charge in [-0.05, 0) is 30.7 Å². The number of nitrogens with zero attached hydrogens (tertiary/aromatic N) is 2. The molecular weight excluding hydrogens is 368 g/mol. The molecule has 0 spiro atoms. The van der Waals surface area contributed by atoms with Crippen LogP contribution in [0.15, 0.2) is 30.3 Å². The van der Waals surface area contributed by atoms with Crippen molar-refractivity contribution in [3.63, 3.8) is 0 Å². The minimum Gasteiger partial charge on any atom is -0.495 e. The number of sulfonamides is 1. The number of benzene rings is 1. The normalized spacial score (nSPS) is 11.4. The van der Waals surface area contributed by atoms with Crippen LogP contribution in [0.4, 0.5) is 5.82 Å². The number of rotatable bonds is 7. The number of ether oxygens (including phenoxy) is 1. The van der Waals surface area contributed by atoms with Crippen LogP contribution < -0.4 is 15.8 Å². The molecule has 0 fully saturated rings. The first kappa shape index (κ1) is 20.7. The van der Waals surface area contributed by atoms with E-state index in [1.54, 1.807) is 37.4 Å². The minimum atomic E-state index is -3.35. The summed E-state index contributed by atoms with van der Waals surface area (Å²) in [7, 11) is 1.13. The van der Waals surface area contributed by atoms with Crippen molar-refractivity contribution in [2.75, 3.05) is 39.2 Å². The van der Waals surface area contributed by atoms with E-state index in [0.717, 1.165) is 9.87 Å². The van der Waals surface area contributed by atoms with Crippen molar-refractivity contribution in [1.82, 2.24) is 14.6 Å². The van der Waals surface area contributed by atoms with Crippen molar-refractivity contribution in [3.05, 3.63) is 41.6 Å². The van der Waals surface area contributed by atoms with Gasteiger partial charge in [0, 0.05) is 31.8 Å². The number of nitrogens with one attached hydrogen (secondary N) is 1. The predicted octanol–water partition coefficient (Wildman–Crippen LogP) is 1.27. The summed E-state index contributed by atoms with van der Waals surface area (Å²) in [4.78, 5) is 16.5. The van der Waals surface area contributed by atoms with Gasteiger partial charge in [-0.15, -0.1) is 0 Å². The Bertz CT molecular complexity index is 925. The molecule has 0 saturated carbocycles. The van der Waals surface area contributed by atoms with Crippen LogP contribution in [-0.4, -0.2) is 57.1 Å². The van der Waals surface area contributed by atoms with E-state index in [1.165, 1.54) is 14.1 Å². The third-order valence-electron chi connectivity index (χ3n) is 4.08. The van der Waals surface area contributed by atoms with Crippen LogP contribution in [0, 0.1) is 6.92 Å². The number of nitrogen functional groups attached to an aromatic ring is 1. The molecule has 1 amide bonds. The van der Waals surface area contributed by atoms with E-state index in [0.29, 0.717) is 28.4 Å². The van der Waals surface area contributed by atoms with Crippen LogP contribution in [0.25, 0.3) is 11.1 Å². The zero-order chi connectivity index (χ0) is 20.2. The fourth-order valence-electron chi connectivity index (χ4n) is 2.42. The van der Waals surface area contributed by atoms with E-state index in [1.807, 2.05) is 6.92 Å². The molecule has 2 rings (SSSR count). The van der Waals surface area contributed by atoms with E-state index < -0.39 is 10.0 Å². The van der Waals surface area contributed by atoms with Crippen LogP contribution in [0.1, 0.15) is 16.1 Å². The fourth-order valence-corrected chi connectivity index (χ4v) is 3.15. The lowest BCUT2D eigenvalue weighted by molar-refractivity contribution is 0.0956. The Morgan fingerprint density at radius 1 is 1.26 bits per heavy atom. The molecule has 1 aromatic carbocycles. The number of anilines is 1. The molecule has 3 N–H and O–H groups in total. The second-order valence-corrected chi connectivity index (χ2v) is 8.44. The van der Waals surface area contributed by atoms with Crippen LogP contribution >= 0.6 is 0 Å². The van der Waals surface area contributed by atoms with Gasteiger partial charge in [-0.2, -0.15) is 0 Å². The van der Waals surface area contributed by atoms with Crippen molar-refractivity contribution < 1.29 is 17.9 Å². The van der Waals surface area contributed by atoms with Crippen molar-refractivity contribution in [3.8, 4) is 16.9 Å². The quantitative estimate of drug-likeness (QED) is 0.733. The molecule has 0 unspecified atom stereocenters. The van der Waals surface area contributed by atoms with Gasteiger partial charge in [0.05, 0.1) is 18.6 Å². The molecule has 9 heteroatoms. The van der Waals surface area contributed by atoms with Crippen LogP contribution in [0.2, 0.25) is 0 Å². The maximum Gasteiger partial charge on any atom is 0.251 e. The van der Waals surface area contributed by atoms with E-state index in [2.05, 4.69) is 10.3 Å². The van der Waals surface area contributed by atoms with Crippen molar-refractivity contribution >= 4 is 21.7 Å². The van der Waals surface area contributed by atoms with Crippen molar-refractivity contribution in [1.29, 1.82) is 0 Å². The number of hydrogen-bond acceptors (Lipinski definition) is 6. The summed E-state index contributed by atoms with van der Waals surface area (Å²) in [5, 5.41) is 2.60. The predicted molar refractivity (Wildman–Crippen MR) is 105 cm³/mol. The van der Waals surface area contributed by atoms with E-state index >= 15 is 0 Å². The summed E-state index contributed by atoms with van der Waals surface area (Å²) < 4.78 is 29.8. The average Bonchev–Trinajstić information content (AvgIpc) is 2.61. The van der Waals surface area contributed by atoms with Gasteiger partial charge in [0.1, 0.15) is 11.6 Å². The number of carbonyl (C=O) groups is 1. The molecule has 0 aliphatic heterocycles. The number of pyridine rings is 1. The summed E-state index contributed by atoms with van der Waals surface area (Å²) in [6.07, 6.45) is 0. The molecule has 1 heterocycles. The van der Waals surface area contributed by atoms with Gasteiger partial charge in [-0.3, -0.25) is 4.79 Å². The number of methoxy groups -OCH3 is 1.